The fourth-order valence-corrected chi connectivity index (χ4v) is 2.25. The number of carbonyl (C=O) groups excluding carboxylic acids is 1. The van der Waals surface area contributed by atoms with Crippen molar-refractivity contribution in [2.75, 3.05) is 26.4 Å². The molecule has 1 amide bonds. The van der Waals surface area contributed by atoms with Crippen LogP contribution in [0.5, 0.6) is 0 Å². The van der Waals surface area contributed by atoms with Crippen LogP contribution in [0.25, 0.3) is 0 Å². The lowest BCUT2D eigenvalue weighted by molar-refractivity contribution is -0.123. The second-order valence-corrected chi connectivity index (χ2v) is 5.03. The van der Waals surface area contributed by atoms with Crippen LogP contribution in [-0.4, -0.2) is 37.4 Å². The molecule has 0 unspecified atom stereocenters. The molecule has 1 saturated carbocycles. The molecule has 1 aromatic rings. The predicted molar refractivity (Wildman–Crippen MR) is 72.8 cm³/mol. The largest absolute Gasteiger partial charge is 0.394 e. The first-order chi connectivity index (χ1) is 9.69. The van der Waals surface area contributed by atoms with E-state index in [4.69, 9.17) is 9.84 Å². The molecule has 110 valence electrons. The number of benzene rings is 1. The zero-order valence-corrected chi connectivity index (χ0v) is 11.4. The van der Waals surface area contributed by atoms with E-state index < -0.39 is 5.41 Å². The van der Waals surface area contributed by atoms with Gasteiger partial charge in [0.25, 0.3) is 0 Å². The lowest BCUT2D eigenvalue weighted by atomic mass is 9.95. The summed E-state index contributed by atoms with van der Waals surface area (Å²) in [5.74, 6) is -0.280. The Morgan fingerprint density at radius 3 is 2.60 bits per heavy atom. The van der Waals surface area contributed by atoms with Crippen LogP contribution < -0.4 is 5.32 Å². The van der Waals surface area contributed by atoms with Gasteiger partial charge >= 0.3 is 0 Å². The SMILES string of the molecule is O=C(NCCCOCCO)C1(c2ccc(F)cc2)CC1. The molecule has 5 heteroatoms. The molecule has 0 spiro atoms. The van der Waals surface area contributed by atoms with Crippen molar-refractivity contribution in [3.05, 3.63) is 35.6 Å². The van der Waals surface area contributed by atoms with Crippen LogP contribution >= 0.6 is 0 Å². The van der Waals surface area contributed by atoms with Crippen LogP contribution in [0, 0.1) is 5.82 Å². The second kappa shape index (κ2) is 6.81. The van der Waals surface area contributed by atoms with E-state index in [0.717, 1.165) is 18.4 Å². The third-order valence-corrected chi connectivity index (χ3v) is 3.57. The molecule has 2 rings (SSSR count). The summed E-state index contributed by atoms with van der Waals surface area (Å²) >= 11 is 0. The van der Waals surface area contributed by atoms with Gasteiger partial charge < -0.3 is 15.2 Å². The maximum Gasteiger partial charge on any atom is 0.230 e. The van der Waals surface area contributed by atoms with Crippen LogP contribution in [0.15, 0.2) is 24.3 Å². The molecule has 1 aliphatic rings. The van der Waals surface area contributed by atoms with Gasteiger partial charge in [-0.15, -0.1) is 0 Å². The average molecular weight is 281 g/mol. The number of amides is 1. The van der Waals surface area contributed by atoms with Crippen LogP contribution in [0.3, 0.4) is 0 Å². The maximum absolute atomic E-state index is 12.9. The molecule has 0 atom stereocenters. The zero-order chi connectivity index (χ0) is 14.4. The highest BCUT2D eigenvalue weighted by Crippen LogP contribution is 2.48. The van der Waals surface area contributed by atoms with Crippen molar-refractivity contribution in [2.45, 2.75) is 24.7 Å². The van der Waals surface area contributed by atoms with Crippen molar-refractivity contribution in [3.63, 3.8) is 0 Å². The van der Waals surface area contributed by atoms with Gasteiger partial charge in [-0.3, -0.25) is 4.79 Å². The summed E-state index contributed by atoms with van der Waals surface area (Å²) in [6.07, 6.45) is 2.34. The first-order valence-corrected chi connectivity index (χ1v) is 6.92. The average Bonchev–Trinajstić information content (AvgIpc) is 3.25. The molecule has 0 radical (unpaired) electrons. The molecule has 0 aromatic heterocycles. The number of aliphatic hydroxyl groups is 1. The standard InChI is InChI=1S/C15H20FNO3/c16-13-4-2-12(3-5-13)15(6-7-15)14(19)17-8-1-10-20-11-9-18/h2-5,18H,1,6-11H2,(H,17,19). The summed E-state index contributed by atoms with van der Waals surface area (Å²) < 4.78 is 18.0. The number of rotatable bonds is 8. The quantitative estimate of drug-likeness (QED) is 0.708. The minimum absolute atomic E-state index is 0.00580. The Labute approximate surface area is 117 Å². The van der Waals surface area contributed by atoms with Crippen molar-refractivity contribution >= 4 is 5.91 Å². The number of ether oxygens (including phenoxy) is 1. The summed E-state index contributed by atoms with van der Waals surface area (Å²) in [6, 6.07) is 6.16. The Morgan fingerprint density at radius 2 is 2.00 bits per heavy atom. The fourth-order valence-electron chi connectivity index (χ4n) is 2.25. The van der Waals surface area contributed by atoms with Crippen molar-refractivity contribution in [2.24, 2.45) is 0 Å². The Bertz CT molecular complexity index is 443. The van der Waals surface area contributed by atoms with Gasteiger partial charge in [-0.2, -0.15) is 0 Å². The molecule has 0 heterocycles. The van der Waals surface area contributed by atoms with Gasteiger partial charge in [-0.1, -0.05) is 12.1 Å². The van der Waals surface area contributed by atoms with Gasteiger partial charge in [0.05, 0.1) is 18.6 Å². The predicted octanol–water partition coefficient (Wildman–Crippen LogP) is 1.37. The van der Waals surface area contributed by atoms with Crippen LogP contribution in [0.4, 0.5) is 4.39 Å². The second-order valence-electron chi connectivity index (χ2n) is 5.03. The van der Waals surface area contributed by atoms with E-state index in [9.17, 15) is 9.18 Å². The highest BCUT2D eigenvalue weighted by molar-refractivity contribution is 5.91. The highest BCUT2D eigenvalue weighted by Gasteiger charge is 2.50. The van der Waals surface area contributed by atoms with E-state index in [2.05, 4.69) is 5.32 Å². The normalized spacial score (nSPS) is 15.9. The molecular formula is C15H20FNO3. The first-order valence-electron chi connectivity index (χ1n) is 6.92. The monoisotopic (exact) mass is 281 g/mol. The van der Waals surface area contributed by atoms with Gasteiger partial charge in [-0.25, -0.2) is 4.39 Å². The molecule has 0 aliphatic heterocycles. The number of carbonyl (C=O) groups is 1. The van der Waals surface area contributed by atoms with Gasteiger partial charge in [0.2, 0.25) is 5.91 Å². The summed E-state index contributed by atoms with van der Waals surface area (Å²) in [6.45, 7) is 1.41. The fraction of sp³-hybridized carbons (Fsp3) is 0.533. The molecule has 20 heavy (non-hydrogen) atoms. The van der Waals surface area contributed by atoms with E-state index in [1.807, 2.05) is 0 Å². The van der Waals surface area contributed by atoms with E-state index in [0.29, 0.717) is 26.2 Å². The van der Waals surface area contributed by atoms with Gasteiger partial charge in [0.1, 0.15) is 5.82 Å². The highest BCUT2D eigenvalue weighted by atomic mass is 19.1. The molecule has 1 aliphatic carbocycles. The molecule has 2 N–H and O–H groups in total. The lowest BCUT2D eigenvalue weighted by Gasteiger charge is -2.15. The van der Waals surface area contributed by atoms with Crippen LogP contribution in [-0.2, 0) is 14.9 Å². The Kier molecular flexibility index (Phi) is 5.09. The van der Waals surface area contributed by atoms with Gasteiger partial charge in [0.15, 0.2) is 0 Å². The minimum Gasteiger partial charge on any atom is -0.394 e. The summed E-state index contributed by atoms with van der Waals surface area (Å²) in [7, 11) is 0. The third-order valence-electron chi connectivity index (χ3n) is 3.57. The molecule has 1 aromatic carbocycles. The van der Waals surface area contributed by atoms with Gasteiger partial charge in [-0.05, 0) is 37.0 Å². The maximum atomic E-state index is 12.9. The van der Waals surface area contributed by atoms with Crippen LogP contribution in [0.2, 0.25) is 0 Å². The lowest BCUT2D eigenvalue weighted by Crippen LogP contribution is -2.35. The molecule has 0 saturated heterocycles. The van der Waals surface area contributed by atoms with Crippen molar-refractivity contribution < 1.29 is 19.0 Å². The van der Waals surface area contributed by atoms with E-state index >= 15 is 0 Å². The van der Waals surface area contributed by atoms with E-state index in [-0.39, 0.29) is 18.3 Å². The third kappa shape index (κ3) is 3.55. The molecule has 1 fully saturated rings. The van der Waals surface area contributed by atoms with E-state index in [1.54, 1.807) is 12.1 Å². The summed E-state index contributed by atoms with van der Waals surface area (Å²) in [5.41, 5.74) is 0.424. The Morgan fingerprint density at radius 1 is 1.30 bits per heavy atom. The summed E-state index contributed by atoms with van der Waals surface area (Å²) in [5, 5.41) is 11.5. The molecule has 4 nitrogen and oxygen atoms in total. The number of nitrogens with one attached hydrogen (secondary N) is 1. The Hall–Kier alpha value is -1.46. The number of hydrogen-bond donors (Lipinski definition) is 2. The smallest absolute Gasteiger partial charge is 0.230 e. The summed E-state index contributed by atoms with van der Waals surface area (Å²) in [4.78, 5) is 12.2. The first kappa shape index (κ1) is 14.9. The number of halogens is 1. The van der Waals surface area contributed by atoms with Gasteiger partial charge in [0, 0.05) is 13.2 Å². The van der Waals surface area contributed by atoms with Crippen LogP contribution in [0.1, 0.15) is 24.8 Å². The topological polar surface area (TPSA) is 58.6 Å². The van der Waals surface area contributed by atoms with Crippen molar-refractivity contribution in [1.82, 2.24) is 5.32 Å². The van der Waals surface area contributed by atoms with E-state index in [1.165, 1.54) is 12.1 Å². The minimum atomic E-state index is -0.459. The number of hydrogen-bond acceptors (Lipinski definition) is 3. The van der Waals surface area contributed by atoms with Crippen molar-refractivity contribution in [3.8, 4) is 0 Å². The number of aliphatic hydroxyl groups excluding tert-OH is 1. The zero-order valence-electron chi connectivity index (χ0n) is 11.4. The van der Waals surface area contributed by atoms with Crippen molar-refractivity contribution in [1.29, 1.82) is 0 Å². The molecular weight excluding hydrogens is 261 g/mol. The molecule has 0 bridgehead atoms. The Balaban J connectivity index is 1.78.